The molecule has 1 fully saturated rings. The van der Waals surface area contributed by atoms with E-state index in [1.54, 1.807) is 12.1 Å². The van der Waals surface area contributed by atoms with E-state index in [0.717, 1.165) is 50.0 Å². The van der Waals surface area contributed by atoms with Crippen LogP contribution in [0.2, 0.25) is 0 Å². The minimum Gasteiger partial charge on any atom is -0.364 e. The van der Waals surface area contributed by atoms with Gasteiger partial charge in [-0.15, -0.1) is 0 Å². The van der Waals surface area contributed by atoms with Gasteiger partial charge in [-0.05, 0) is 87.1 Å². The number of hydrogen-bond acceptors (Lipinski definition) is 5. The molecule has 6 nitrogen and oxygen atoms in total. The van der Waals surface area contributed by atoms with Gasteiger partial charge in [0.15, 0.2) is 0 Å². The van der Waals surface area contributed by atoms with Crippen molar-refractivity contribution in [3.63, 3.8) is 0 Å². The minimum atomic E-state index is -0.0562. The molecule has 1 unspecified atom stereocenters. The van der Waals surface area contributed by atoms with Crippen molar-refractivity contribution < 1.29 is 4.79 Å². The molecular weight excluding hydrogens is 458 g/mol. The SMILES string of the molecule is Cc1cc(C#N)cc(C)c1C(=O)NCCC(C)N1CCC(N(Cc2cccnc2)c2ccccc2)CC1. The van der Waals surface area contributed by atoms with Gasteiger partial charge < -0.3 is 15.1 Å². The van der Waals surface area contributed by atoms with Gasteiger partial charge in [-0.2, -0.15) is 5.26 Å². The van der Waals surface area contributed by atoms with E-state index in [1.807, 2.05) is 32.3 Å². The Morgan fingerprint density at radius 1 is 1.14 bits per heavy atom. The Bertz CT molecular complexity index is 1190. The molecule has 0 spiro atoms. The van der Waals surface area contributed by atoms with Crippen LogP contribution in [0.4, 0.5) is 5.69 Å². The molecule has 0 saturated carbocycles. The summed E-state index contributed by atoms with van der Waals surface area (Å²) < 4.78 is 0. The van der Waals surface area contributed by atoms with E-state index in [4.69, 9.17) is 5.26 Å². The van der Waals surface area contributed by atoms with E-state index in [-0.39, 0.29) is 5.91 Å². The average molecular weight is 496 g/mol. The fraction of sp³-hybridized carbons (Fsp3) is 0.387. The summed E-state index contributed by atoms with van der Waals surface area (Å²) in [5.74, 6) is -0.0562. The third kappa shape index (κ3) is 6.75. The second-order valence-electron chi connectivity index (χ2n) is 10.1. The zero-order valence-electron chi connectivity index (χ0n) is 22.2. The molecule has 1 N–H and O–H groups in total. The highest BCUT2D eigenvalue weighted by Gasteiger charge is 2.27. The Balaban J connectivity index is 1.30. The molecule has 2 aromatic carbocycles. The van der Waals surface area contributed by atoms with Crippen LogP contribution < -0.4 is 10.2 Å². The van der Waals surface area contributed by atoms with E-state index in [1.165, 1.54) is 11.3 Å². The summed E-state index contributed by atoms with van der Waals surface area (Å²) in [6.45, 7) is 9.63. The van der Waals surface area contributed by atoms with Gasteiger partial charge in [0.05, 0.1) is 11.6 Å². The molecule has 1 atom stereocenters. The number of nitrogens with zero attached hydrogens (tertiary/aromatic N) is 4. The van der Waals surface area contributed by atoms with Crippen molar-refractivity contribution in [1.29, 1.82) is 5.26 Å². The molecule has 1 saturated heterocycles. The summed E-state index contributed by atoms with van der Waals surface area (Å²) in [6, 6.07) is 21.4. The van der Waals surface area contributed by atoms with Crippen molar-refractivity contribution >= 4 is 11.6 Å². The Kier molecular flexibility index (Phi) is 8.92. The molecule has 3 aromatic rings. The molecule has 2 heterocycles. The molecule has 1 aromatic heterocycles. The van der Waals surface area contributed by atoms with E-state index < -0.39 is 0 Å². The van der Waals surface area contributed by atoms with Crippen molar-refractivity contribution in [3.8, 4) is 6.07 Å². The van der Waals surface area contributed by atoms with Crippen molar-refractivity contribution in [3.05, 3.63) is 94.8 Å². The second kappa shape index (κ2) is 12.5. The fourth-order valence-electron chi connectivity index (χ4n) is 5.43. The highest BCUT2D eigenvalue weighted by atomic mass is 16.1. The monoisotopic (exact) mass is 495 g/mol. The lowest BCUT2D eigenvalue weighted by Gasteiger charge is -2.42. The maximum Gasteiger partial charge on any atom is 0.251 e. The van der Waals surface area contributed by atoms with Crippen LogP contribution >= 0.6 is 0 Å². The molecular formula is C31H37N5O. The van der Waals surface area contributed by atoms with Crippen LogP contribution in [0.1, 0.15) is 58.8 Å². The van der Waals surface area contributed by atoms with E-state index >= 15 is 0 Å². The van der Waals surface area contributed by atoms with Gasteiger partial charge in [-0.1, -0.05) is 24.3 Å². The largest absolute Gasteiger partial charge is 0.364 e. The van der Waals surface area contributed by atoms with Crippen LogP contribution in [-0.2, 0) is 6.54 Å². The number of anilines is 1. The Hall–Kier alpha value is -3.69. The molecule has 0 aliphatic carbocycles. The molecule has 192 valence electrons. The quantitative estimate of drug-likeness (QED) is 0.439. The minimum absolute atomic E-state index is 0.0562. The number of benzene rings is 2. The number of pyridine rings is 1. The van der Waals surface area contributed by atoms with Gasteiger partial charge in [0.1, 0.15) is 0 Å². The maximum atomic E-state index is 12.8. The fourth-order valence-corrected chi connectivity index (χ4v) is 5.43. The van der Waals surface area contributed by atoms with Gasteiger partial charge in [0.2, 0.25) is 0 Å². The molecule has 1 amide bonds. The van der Waals surface area contributed by atoms with Crippen LogP contribution in [0.3, 0.4) is 0 Å². The number of amides is 1. The standard InChI is InChI=1S/C31H37N5O/c1-23-18-27(20-32)19-24(2)30(23)31(37)34-15-11-25(3)35-16-12-29(13-17-35)36(28-9-5-4-6-10-28)22-26-8-7-14-33-21-26/h4-10,14,18-19,21,25,29H,11-13,15-17,22H2,1-3H3,(H,34,37). The number of piperidine rings is 1. The van der Waals surface area contributed by atoms with Crippen LogP contribution in [0, 0.1) is 25.2 Å². The van der Waals surface area contributed by atoms with Crippen molar-refractivity contribution in [2.75, 3.05) is 24.5 Å². The summed E-state index contributed by atoms with van der Waals surface area (Å²) in [5, 5.41) is 12.3. The molecule has 6 heteroatoms. The summed E-state index contributed by atoms with van der Waals surface area (Å²) >= 11 is 0. The zero-order chi connectivity index (χ0) is 26.2. The van der Waals surface area contributed by atoms with Gasteiger partial charge in [0, 0.05) is 61.9 Å². The van der Waals surface area contributed by atoms with Crippen LogP contribution in [0.5, 0.6) is 0 Å². The number of carbonyl (C=O) groups is 1. The number of nitriles is 1. The predicted octanol–water partition coefficient (Wildman–Crippen LogP) is 5.25. The van der Waals surface area contributed by atoms with Crippen molar-refractivity contribution in [2.24, 2.45) is 0 Å². The number of para-hydroxylation sites is 1. The molecule has 1 aliphatic rings. The normalized spacial score (nSPS) is 15.1. The Morgan fingerprint density at radius 3 is 2.46 bits per heavy atom. The molecule has 4 rings (SSSR count). The third-order valence-electron chi connectivity index (χ3n) is 7.46. The van der Waals surface area contributed by atoms with E-state index in [0.29, 0.717) is 29.8 Å². The smallest absolute Gasteiger partial charge is 0.251 e. The molecule has 1 aliphatic heterocycles. The number of likely N-dealkylation sites (tertiary alicyclic amines) is 1. The van der Waals surface area contributed by atoms with Crippen LogP contribution in [0.15, 0.2) is 67.0 Å². The summed E-state index contributed by atoms with van der Waals surface area (Å²) in [6.07, 6.45) is 6.90. The number of nitrogens with one attached hydrogen (secondary N) is 1. The van der Waals surface area contributed by atoms with Gasteiger partial charge in [-0.25, -0.2) is 0 Å². The lowest BCUT2D eigenvalue weighted by atomic mass is 9.98. The summed E-state index contributed by atoms with van der Waals surface area (Å²) in [5.41, 5.74) is 5.45. The predicted molar refractivity (Wildman–Crippen MR) is 149 cm³/mol. The second-order valence-corrected chi connectivity index (χ2v) is 10.1. The van der Waals surface area contributed by atoms with Gasteiger partial charge in [-0.3, -0.25) is 9.78 Å². The van der Waals surface area contributed by atoms with E-state index in [9.17, 15) is 4.79 Å². The van der Waals surface area contributed by atoms with Gasteiger partial charge >= 0.3 is 0 Å². The molecule has 0 bridgehead atoms. The summed E-state index contributed by atoms with van der Waals surface area (Å²) in [7, 11) is 0. The highest BCUT2D eigenvalue weighted by molar-refractivity contribution is 5.97. The number of rotatable bonds is 9. The maximum absolute atomic E-state index is 12.8. The average Bonchev–Trinajstić information content (AvgIpc) is 2.92. The first kappa shape index (κ1) is 26.4. The zero-order valence-corrected chi connectivity index (χ0v) is 22.2. The molecule has 37 heavy (non-hydrogen) atoms. The topological polar surface area (TPSA) is 72.3 Å². The highest BCUT2D eigenvalue weighted by Crippen LogP contribution is 2.26. The first-order chi connectivity index (χ1) is 18.0. The third-order valence-corrected chi connectivity index (χ3v) is 7.46. The number of aryl methyl sites for hydroxylation is 2. The summed E-state index contributed by atoms with van der Waals surface area (Å²) in [4.78, 5) is 22.2. The number of aromatic nitrogens is 1. The lowest BCUT2D eigenvalue weighted by molar-refractivity contribution is 0.0944. The van der Waals surface area contributed by atoms with E-state index in [2.05, 4.69) is 69.5 Å². The van der Waals surface area contributed by atoms with Gasteiger partial charge in [0.25, 0.3) is 5.91 Å². The molecule has 0 radical (unpaired) electrons. The lowest BCUT2D eigenvalue weighted by Crippen LogP contribution is -2.48. The first-order valence-corrected chi connectivity index (χ1v) is 13.2. The Labute approximate surface area is 220 Å². The number of hydrogen-bond donors (Lipinski definition) is 1. The first-order valence-electron chi connectivity index (χ1n) is 13.2. The van der Waals surface area contributed by atoms with Crippen LogP contribution in [0.25, 0.3) is 0 Å². The Morgan fingerprint density at radius 2 is 1.84 bits per heavy atom. The number of carbonyl (C=O) groups excluding carboxylic acids is 1. The van der Waals surface area contributed by atoms with Crippen molar-refractivity contribution in [2.45, 2.75) is 58.7 Å². The van der Waals surface area contributed by atoms with Crippen LogP contribution in [-0.4, -0.2) is 47.5 Å². The van der Waals surface area contributed by atoms with Crippen molar-refractivity contribution in [1.82, 2.24) is 15.2 Å².